The summed E-state index contributed by atoms with van der Waals surface area (Å²) >= 11 is 11.8. The Labute approximate surface area is 135 Å². The summed E-state index contributed by atoms with van der Waals surface area (Å²) in [6, 6.07) is 5.28. The van der Waals surface area contributed by atoms with Gasteiger partial charge >= 0.3 is 0 Å². The predicted molar refractivity (Wildman–Crippen MR) is 86.0 cm³/mol. The molecule has 0 radical (unpaired) electrons. The first-order chi connectivity index (χ1) is 9.04. The maximum atomic E-state index is 11.9. The lowest BCUT2D eigenvalue weighted by Crippen LogP contribution is -2.43. The quantitative estimate of drug-likeness (QED) is 0.891. The lowest BCUT2D eigenvalue weighted by Gasteiger charge is -2.29. The van der Waals surface area contributed by atoms with Gasteiger partial charge in [-0.2, -0.15) is 0 Å². The first-order valence-corrected chi connectivity index (χ1v) is 7.03. The minimum atomic E-state index is -0.0697. The molecule has 1 aliphatic heterocycles. The Balaban J connectivity index is 0.00000200. The third-order valence-electron chi connectivity index (χ3n) is 3.20. The standard InChI is InChI=1S/C13H17Cl2N3O.ClH/c14-9-1-2-12(11(15)7-9)17-13(19)8-18-5-3-10(16)4-6-18;/h1-2,7,10H,3-6,8,16H2,(H,17,19);1H. The Morgan fingerprint density at radius 1 is 1.35 bits per heavy atom. The number of benzene rings is 1. The number of anilines is 1. The van der Waals surface area contributed by atoms with Crippen LogP contribution in [0, 0.1) is 0 Å². The normalized spacial score (nSPS) is 16.6. The van der Waals surface area contributed by atoms with Crippen molar-refractivity contribution in [1.82, 2.24) is 4.90 Å². The zero-order valence-corrected chi connectivity index (χ0v) is 13.3. The van der Waals surface area contributed by atoms with Crippen LogP contribution in [0.4, 0.5) is 5.69 Å². The molecule has 4 nitrogen and oxygen atoms in total. The van der Waals surface area contributed by atoms with E-state index in [1.807, 2.05) is 0 Å². The molecule has 0 spiro atoms. The van der Waals surface area contributed by atoms with Crippen molar-refractivity contribution < 1.29 is 4.79 Å². The van der Waals surface area contributed by atoms with Crippen LogP contribution in [0.5, 0.6) is 0 Å². The van der Waals surface area contributed by atoms with E-state index in [0.717, 1.165) is 25.9 Å². The molecule has 0 bridgehead atoms. The van der Waals surface area contributed by atoms with Crippen LogP contribution in [0.1, 0.15) is 12.8 Å². The molecule has 0 saturated carbocycles. The van der Waals surface area contributed by atoms with Crippen molar-refractivity contribution in [1.29, 1.82) is 0 Å². The van der Waals surface area contributed by atoms with Crippen LogP contribution >= 0.6 is 35.6 Å². The van der Waals surface area contributed by atoms with Gasteiger partial charge in [0.1, 0.15) is 0 Å². The smallest absolute Gasteiger partial charge is 0.238 e. The lowest BCUT2D eigenvalue weighted by molar-refractivity contribution is -0.117. The van der Waals surface area contributed by atoms with Gasteiger partial charge in [-0.05, 0) is 31.0 Å². The number of halogens is 3. The molecule has 2 rings (SSSR count). The minimum absolute atomic E-state index is 0. The van der Waals surface area contributed by atoms with Gasteiger partial charge < -0.3 is 11.1 Å². The summed E-state index contributed by atoms with van der Waals surface area (Å²) in [5.74, 6) is -0.0697. The third-order valence-corrected chi connectivity index (χ3v) is 3.75. The first kappa shape index (κ1) is 17.5. The molecule has 1 saturated heterocycles. The Morgan fingerprint density at radius 3 is 2.60 bits per heavy atom. The number of hydrogen-bond donors (Lipinski definition) is 2. The summed E-state index contributed by atoms with van der Waals surface area (Å²) in [5, 5.41) is 3.79. The molecule has 1 aromatic rings. The van der Waals surface area contributed by atoms with Crippen molar-refractivity contribution >= 4 is 47.2 Å². The second kappa shape index (κ2) is 8.05. The zero-order chi connectivity index (χ0) is 13.8. The summed E-state index contributed by atoms with van der Waals surface area (Å²) in [4.78, 5) is 14.0. The second-order valence-electron chi connectivity index (χ2n) is 4.79. The van der Waals surface area contributed by atoms with Gasteiger partial charge in [-0.25, -0.2) is 0 Å². The topological polar surface area (TPSA) is 58.4 Å². The second-order valence-corrected chi connectivity index (χ2v) is 5.63. The van der Waals surface area contributed by atoms with Crippen molar-refractivity contribution in [3.05, 3.63) is 28.2 Å². The molecule has 3 N–H and O–H groups in total. The largest absolute Gasteiger partial charge is 0.328 e. The van der Waals surface area contributed by atoms with Crippen LogP contribution in [0.25, 0.3) is 0 Å². The number of carbonyl (C=O) groups is 1. The van der Waals surface area contributed by atoms with E-state index >= 15 is 0 Å². The van der Waals surface area contributed by atoms with Gasteiger partial charge in [-0.15, -0.1) is 12.4 Å². The van der Waals surface area contributed by atoms with Crippen molar-refractivity contribution in [2.45, 2.75) is 18.9 Å². The van der Waals surface area contributed by atoms with Gasteiger partial charge in [0.05, 0.1) is 17.3 Å². The highest BCUT2D eigenvalue weighted by Gasteiger charge is 2.18. The molecule has 1 aliphatic rings. The van der Waals surface area contributed by atoms with Gasteiger partial charge in [0.2, 0.25) is 5.91 Å². The predicted octanol–water partition coefficient (Wildman–Crippen LogP) is 2.78. The number of rotatable bonds is 3. The molecule has 1 fully saturated rings. The molecule has 1 aromatic carbocycles. The van der Waals surface area contributed by atoms with Crippen molar-refractivity contribution in [2.24, 2.45) is 5.73 Å². The molecule has 20 heavy (non-hydrogen) atoms. The Morgan fingerprint density at radius 2 is 2.00 bits per heavy atom. The molecule has 0 atom stereocenters. The number of nitrogens with two attached hydrogens (primary N) is 1. The number of nitrogens with zero attached hydrogens (tertiary/aromatic N) is 1. The number of amides is 1. The fraction of sp³-hybridized carbons (Fsp3) is 0.462. The van der Waals surface area contributed by atoms with Gasteiger partial charge in [0, 0.05) is 24.2 Å². The number of nitrogens with one attached hydrogen (secondary N) is 1. The molecule has 0 unspecified atom stereocenters. The maximum Gasteiger partial charge on any atom is 0.238 e. The van der Waals surface area contributed by atoms with Gasteiger partial charge in [0.25, 0.3) is 0 Å². The Hall–Kier alpha value is -0.520. The molecule has 112 valence electrons. The van der Waals surface area contributed by atoms with Gasteiger partial charge in [-0.3, -0.25) is 9.69 Å². The number of likely N-dealkylation sites (tertiary alicyclic amines) is 1. The monoisotopic (exact) mass is 337 g/mol. The van der Waals surface area contributed by atoms with Gasteiger partial charge in [-0.1, -0.05) is 23.2 Å². The summed E-state index contributed by atoms with van der Waals surface area (Å²) in [7, 11) is 0. The highest BCUT2D eigenvalue weighted by atomic mass is 35.5. The minimum Gasteiger partial charge on any atom is -0.328 e. The van der Waals surface area contributed by atoms with E-state index in [4.69, 9.17) is 28.9 Å². The number of carbonyl (C=O) groups excluding carboxylic acids is 1. The van der Waals surface area contributed by atoms with E-state index in [2.05, 4.69) is 10.2 Å². The zero-order valence-electron chi connectivity index (χ0n) is 10.9. The average molecular weight is 339 g/mol. The fourth-order valence-electron chi connectivity index (χ4n) is 2.09. The Kier molecular flexibility index (Phi) is 7.06. The SMILES string of the molecule is Cl.NC1CCN(CC(=O)Nc2ccc(Cl)cc2Cl)CC1. The van der Waals surface area contributed by atoms with E-state index in [1.165, 1.54) is 0 Å². The van der Waals surface area contributed by atoms with Crippen molar-refractivity contribution in [3.63, 3.8) is 0 Å². The highest BCUT2D eigenvalue weighted by Crippen LogP contribution is 2.25. The van der Waals surface area contributed by atoms with Crippen LogP contribution in [-0.2, 0) is 4.79 Å². The third kappa shape index (κ3) is 5.11. The van der Waals surface area contributed by atoms with Crippen LogP contribution in [-0.4, -0.2) is 36.5 Å². The number of hydrogen-bond acceptors (Lipinski definition) is 3. The molecular weight excluding hydrogens is 321 g/mol. The van der Waals surface area contributed by atoms with E-state index in [-0.39, 0.29) is 24.4 Å². The molecular formula is C13H18Cl3N3O. The molecule has 0 aliphatic carbocycles. The average Bonchev–Trinajstić information content (AvgIpc) is 2.36. The first-order valence-electron chi connectivity index (χ1n) is 6.27. The van der Waals surface area contributed by atoms with E-state index < -0.39 is 0 Å². The molecule has 1 heterocycles. The van der Waals surface area contributed by atoms with Crippen molar-refractivity contribution in [2.75, 3.05) is 25.0 Å². The van der Waals surface area contributed by atoms with E-state index in [9.17, 15) is 4.79 Å². The summed E-state index contributed by atoms with van der Waals surface area (Å²) in [6.07, 6.45) is 1.88. The van der Waals surface area contributed by atoms with Crippen molar-refractivity contribution in [3.8, 4) is 0 Å². The summed E-state index contributed by atoms with van der Waals surface area (Å²) in [5.41, 5.74) is 6.42. The van der Waals surface area contributed by atoms with Crippen LogP contribution in [0.3, 0.4) is 0 Å². The molecule has 7 heteroatoms. The van der Waals surface area contributed by atoms with Gasteiger partial charge in [0.15, 0.2) is 0 Å². The number of piperidine rings is 1. The molecule has 0 aromatic heterocycles. The van der Waals surface area contributed by atoms with Crippen LogP contribution in [0.15, 0.2) is 18.2 Å². The summed E-state index contributed by atoms with van der Waals surface area (Å²) < 4.78 is 0. The van der Waals surface area contributed by atoms with Crippen LogP contribution < -0.4 is 11.1 Å². The maximum absolute atomic E-state index is 11.9. The fourth-order valence-corrected chi connectivity index (χ4v) is 2.55. The summed E-state index contributed by atoms with van der Waals surface area (Å²) in [6.45, 7) is 2.09. The Bertz CT molecular complexity index is 462. The molecule has 1 amide bonds. The highest BCUT2D eigenvalue weighted by molar-refractivity contribution is 6.36. The lowest BCUT2D eigenvalue weighted by atomic mass is 10.1. The van der Waals surface area contributed by atoms with E-state index in [0.29, 0.717) is 22.3 Å². The van der Waals surface area contributed by atoms with Crippen LogP contribution in [0.2, 0.25) is 10.0 Å². The van der Waals surface area contributed by atoms with E-state index in [1.54, 1.807) is 18.2 Å².